The van der Waals surface area contributed by atoms with Crippen LogP contribution in [0.25, 0.3) is 11.1 Å². The van der Waals surface area contributed by atoms with E-state index in [9.17, 15) is 0 Å². The third-order valence-corrected chi connectivity index (χ3v) is 3.09. The summed E-state index contributed by atoms with van der Waals surface area (Å²) in [5.41, 5.74) is 2.97. The number of fused-ring (bicyclic) bond motifs is 1. The van der Waals surface area contributed by atoms with Crippen molar-refractivity contribution in [3.8, 4) is 0 Å². The molecule has 2 aromatic carbocycles. The van der Waals surface area contributed by atoms with Gasteiger partial charge in [0.25, 0.3) is 5.52 Å². The second kappa shape index (κ2) is 5.06. The van der Waals surface area contributed by atoms with Gasteiger partial charge in [0.1, 0.15) is 13.5 Å². The van der Waals surface area contributed by atoms with Crippen molar-refractivity contribution in [2.45, 2.75) is 6.42 Å². The monoisotopic (exact) mass is 251 g/mol. The van der Waals surface area contributed by atoms with Crippen LogP contribution < -0.4 is 4.57 Å². The molecule has 1 aromatic heterocycles. The third kappa shape index (κ3) is 2.40. The number of hydrogen-bond acceptors (Lipinski definition) is 2. The molecule has 0 unspecified atom stereocenters. The summed E-state index contributed by atoms with van der Waals surface area (Å²) in [6, 6.07) is 17.9. The van der Waals surface area contributed by atoms with Crippen molar-refractivity contribution in [2.24, 2.45) is 12.0 Å². The minimum absolute atomic E-state index is 0.681. The van der Waals surface area contributed by atoms with Crippen LogP contribution in [-0.2, 0) is 13.5 Å². The Morgan fingerprint density at radius 1 is 1.05 bits per heavy atom. The molecule has 0 aliphatic heterocycles. The molecule has 3 heteroatoms. The molecule has 0 spiro atoms. The molecule has 94 valence electrons. The Kier molecular flexibility index (Phi) is 3.11. The van der Waals surface area contributed by atoms with Crippen molar-refractivity contribution >= 4 is 23.0 Å². The van der Waals surface area contributed by atoms with Gasteiger partial charge in [0.15, 0.2) is 0 Å². The van der Waals surface area contributed by atoms with Gasteiger partial charge in [-0.3, -0.25) is 4.99 Å². The highest BCUT2D eigenvalue weighted by molar-refractivity contribution is 5.70. The van der Waals surface area contributed by atoms with Crippen LogP contribution in [0.1, 0.15) is 5.89 Å². The average Bonchev–Trinajstić information content (AvgIpc) is 2.78. The van der Waals surface area contributed by atoms with Gasteiger partial charge in [-0.05, 0) is 18.2 Å². The highest BCUT2D eigenvalue weighted by Gasteiger charge is 2.16. The predicted molar refractivity (Wildman–Crippen MR) is 75.7 cm³/mol. The normalized spacial score (nSPS) is 11.4. The van der Waals surface area contributed by atoms with E-state index in [-0.39, 0.29) is 0 Å². The summed E-state index contributed by atoms with van der Waals surface area (Å²) in [5, 5.41) is 0. The number of aromatic nitrogens is 1. The van der Waals surface area contributed by atoms with E-state index >= 15 is 0 Å². The van der Waals surface area contributed by atoms with Gasteiger partial charge in [0.2, 0.25) is 5.58 Å². The molecular weight excluding hydrogens is 236 g/mol. The summed E-state index contributed by atoms with van der Waals surface area (Å²) in [6.45, 7) is 0. The summed E-state index contributed by atoms with van der Waals surface area (Å²) in [6.07, 6.45) is 2.56. The second-order valence-corrected chi connectivity index (χ2v) is 4.37. The van der Waals surface area contributed by atoms with Crippen molar-refractivity contribution in [1.29, 1.82) is 0 Å². The zero-order valence-corrected chi connectivity index (χ0v) is 10.8. The molecule has 1 heterocycles. The van der Waals surface area contributed by atoms with E-state index in [1.807, 2.05) is 61.8 Å². The van der Waals surface area contributed by atoms with Crippen LogP contribution in [-0.4, -0.2) is 6.21 Å². The summed E-state index contributed by atoms with van der Waals surface area (Å²) in [4.78, 5) is 4.41. The summed E-state index contributed by atoms with van der Waals surface area (Å²) in [5.74, 6) is 0.904. The molecule has 0 amide bonds. The molecule has 0 bridgehead atoms. The van der Waals surface area contributed by atoms with Gasteiger partial charge in [-0.2, -0.15) is 4.57 Å². The zero-order valence-electron chi connectivity index (χ0n) is 10.8. The van der Waals surface area contributed by atoms with Crippen LogP contribution in [0.3, 0.4) is 0 Å². The second-order valence-electron chi connectivity index (χ2n) is 4.37. The van der Waals surface area contributed by atoms with Gasteiger partial charge in [-0.1, -0.05) is 30.3 Å². The van der Waals surface area contributed by atoms with Gasteiger partial charge in [-0.25, -0.2) is 0 Å². The Hall–Kier alpha value is -2.42. The molecule has 3 aromatic rings. The molecule has 0 aliphatic rings. The topological polar surface area (TPSA) is 29.4 Å². The molecule has 3 rings (SSSR count). The van der Waals surface area contributed by atoms with Crippen molar-refractivity contribution in [3.63, 3.8) is 0 Å². The lowest BCUT2D eigenvalue weighted by Gasteiger charge is -1.90. The van der Waals surface area contributed by atoms with Crippen LogP contribution in [0.5, 0.6) is 0 Å². The fraction of sp³-hybridized carbons (Fsp3) is 0.125. The number of benzene rings is 2. The van der Waals surface area contributed by atoms with Gasteiger partial charge in [-0.15, -0.1) is 0 Å². The van der Waals surface area contributed by atoms with Crippen LogP contribution in [0.4, 0.5) is 5.69 Å². The first-order chi connectivity index (χ1) is 9.34. The molecule has 0 saturated heterocycles. The Balaban J connectivity index is 1.82. The van der Waals surface area contributed by atoms with Gasteiger partial charge in [0, 0.05) is 12.3 Å². The van der Waals surface area contributed by atoms with E-state index in [0.717, 1.165) is 22.7 Å². The van der Waals surface area contributed by atoms with E-state index in [4.69, 9.17) is 4.42 Å². The Bertz CT molecular complexity index is 714. The number of para-hydroxylation sites is 3. The zero-order chi connectivity index (χ0) is 13.1. The van der Waals surface area contributed by atoms with Crippen LogP contribution in [0.15, 0.2) is 64.0 Å². The largest absolute Gasteiger partial charge is 0.401 e. The first-order valence-corrected chi connectivity index (χ1v) is 6.28. The van der Waals surface area contributed by atoms with Crippen molar-refractivity contribution in [1.82, 2.24) is 0 Å². The van der Waals surface area contributed by atoms with E-state index in [1.165, 1.54) is 0 Å². The van der Waals surface area contributed by atoms with E-state index < -0.39 is 0 Å². The quantitative estimate of drug-likeness (QED) is 0.519. The number of rotatable bonds is 3. The van der Waals surface area contributed by atoms with Crippen molar-refractivity contribution in [2.75, 3.05) is 0 Å². The molecule has 0 N–H and O–H groups in total. The van der Waals surface area contributed by atoms with Crippen LogP contribution in [0, 0.1) is 0 Å². The molecule has 3 nitrogen and oxygen atoms in total. The van der Waals surface area contributed by atoms with E-state index in [0.29, 0.717) is 6.42 Å². The number of aryl methyl sites for hydroxylation is 1. The van der Waals surface area contributed by atoms with Gasteiger partial charge in [0.05, 0.1) is 5.69 Å². The molecule has 0 aliphatic carbocycles. The molecule has 0 saturated carbocycles. The lowest BCUT2D eigenvalue weighted by atomic mass is 10.3. The minimum atomic E-state index is 0.681. The van der Waals surface area contributed by atoms with Crippen LogP contribution in [0.2, 0.25) is 0 Å². The smallest absolute Gasteiger partial charge is 0.353 e. The molecule has 0 atom stereocenters. The first-order valence-electron chi connectivity index (χ1n) is 6.28. The maximum atomic E-state index is 5.81. The number of oxazole rings is 1. The molecule has 0 radical (unpaired) electrons. The van der Waals surface area contributed by atoms with Gasteiger partial charge >= 0.3 is 5.89 Å². The highest BCUT2D eigenvalue weighted by Crippen LogP contribution is 2.13. The standard InChI is InChI=1S/C16H15N2O/c1-18-14-9-5-6-10-15(14)19-16(18)11-12-17-13-7-3-2-4-8-13/h2-10,12H,11H2,1H3/q+1. The van der Waals surface area contributed by atoms with Crippen molar-refractivity contribution < 1.29 is 8.98 Å². The first kappa shape index (κ1) is 11.7. The Morgan fingerprint density at radius 3 is 2.58 bits per heavy atom. The fourth-order valence-electron chi connectivity index (χ4n) is 2.07. The molecular formula is C16H15N2O+. The van der Waals surface area contributed by atoms with E-state index in [1.54, 1.807) is 0 Å². The maximum absolute atomic E-state index is 5.81. The summed E-state index contributed by atoms with van der Waals surface area (Å²) < 4.78 is 7.87. The average molecular weight is 251 g/mol. The molecule has 0 fully saturated rings. The maximum Gasteiger partial charge on any atom is 0.353 e. The lowest BCUT2D eigenvalue weighted by molar-refractivity contribution is -0.657. The lowest BCUT2D eigenvalue weighted by Crippen LogP contribution is -2.31. The third-order valence-electron chi connectivity index (χ3n) is 3.09. The fourth-order valence-corrected chi connectivity index (χ4v) is 2.07. The van der Waals surface area contributed by atoms with E-state index in [2.05, 4.69) is 15.6 Å². The number of nitrogens with zero attached hydrogens (tertiary/aromatic N) is 2. The predicted octanol–water partition coefficient (Wildman–Crippen LogP) is 3.20. The SMILES string of the molecule is C[n+]1c(CC=Nc2ccccc2)oc2ccccc21. The summed E-state index contributed by atoms with van der Waals surface area (Å²) in [7, 11) is 2.01. The number of aliphatic imine (C=N–C) groups is 1. The van der Waals surface area contributed by atoms with Gasteiger partial charge < -0.3 is 4.42 Å². The van der Waals surface area contributed by atoms with Crippen LogP contribution >= 0.6 is 0 Å². The summed E-state index contributed by atoms with van der Waals surface area (Å²) >= 11 is 0. The minimum Gasteiger partial charge on any atom is -0.401 e. The van der Waals surface area contributed by atoms with Crippen molar-refractivity contribution in [3.05, 3.63) is 60.5 Å². The Morgan fingerprint density at radius 2 is 1.79 bits per heavy atom. The number of hydrogen-bond donors (Lipinski definition) is 0. The Labute approximate surface area is 111 Å². The molecule has 19 heavy (non-hydrogen) atoms. The highest BCUT2D eigenvalue weighted by atomic mass is 16.4.